The molecule has 2 amide bonds. The second kappa shape index (κ2) is 5.63. The second-order valence-electron chi connectivity index (χ2n) is 3.78. The lowest BCUT2D eigenvalue weighted by atomic mass is 10.3. The zero-order valence-electron chi connectivity index (χ0n) is 9.49. The van der Waals surface area contributed by atoms with Crippen molar-refractivity contribution < 1.29 is 14.0 Å². The molecule has 1 atom stereocenters. The first-order valence-electron chi connectivity index (χ1n) is 5.42. The van der Waals surface area contributed by atoms with Crippen LogP contribution in [0.15, 0.2) is 12.8 Å². The highest BCUT2D eigenvalue weighted by Gasteiger charge is 2.27. The predicted molar refractivity (Wildman–Crippen MR) is 58.3 cm³/mol. The van der Waals surface area contributed by atoms with Crippen LogP contribution in [0.2, 0.25) is 0 Å². The molecule has 4 nitrogen and oxygen atoms in total. The fourth-order valence-electron chi connectivity index (χ4n) is 1.65. The van der Waals surface area contributed by atoms with E-state index >= 15 is 0 Å². The maximum absolute atomic E-state index is 12.9. The summed E-state index contributed by atoms with van der Waals surface area (Å²) in [4.78, 5) is 25.8. The summed E-state index contributed by atoms with van der Waals surface area (Å²) in [5, 5.41) is 0. The van der Waals surface area contributed by atoms with Gasteiger partial charge in [0.15, 0.2) is 0 Å². The van der Waals surface area contributed by atoms with Gasteiger partial charge in [-0.25, -0.2) is 4.39 Å². The highest BCUT2D eigenvalue weighted by Crippen LogP contribution is 2.12. The lowest BCUT2D eigenvalue weighted by Gasteiger charge is -2.21. The van der Waals surface area contributed by atoms with Crippen molar-refractivity contribution in [3.05, 3.63) is 12.8 Å². The Morgan fingerprint density at radius 1 is 1.62 bits per heavy atom. The largest absolute Gasteiger partial charge is 0.338 e. The van der Waals surface area contributed by atoms with Crippen molar-refractivity contribution >= 4 is 11.8 Å². The van der Waals surface area contributed by atoms with Gasteiger partial charge in [-0.3, -0.25) is 9.59 Å². The number of likely N-dealkylation sites (tertiary alicyclic amines) is 1. The first-order valence-corrected chi connectivity index (χ1v) is 5.42. The molecule has 1 saturated heterocycles. The van der Waals surface area contributed by atoms with E-state index in [1.54, 1.807) is 6.92 Å². The van der Waals surface area contributed by atoms with Crippen LogP contribution in [0.25, 0.3) is 0 Å². The molecule has 16 heavy (non-hydrogen) atoms. The van der Waals surface area contributed by atoms with Crippen LogP contribution in [0.1, 0.15) is 19.8 Å². The highest BCUT2D eigenvalue weighted by atomic mass is 19.1. The molecule has 0 spiro atoms. The zero-order chi connectivity index (χ0) is 12.1. The molecule has 0 N–H and O–H groups in total. The Morgan fingerprint density at radius 3 is 2.75 bits per heavy atom. The predicted octanol–water partition coefficient (Wildman–Crippen LogP) is 0.939. The molecular formula is C11H17FN2O2. The fraction of sp³-hybridized carbons (Fsp3) is 0.636. The maximum Gasteiger partial charge on any atom is 0.242 e. The standard InChI is InChI=1S/C11H17FN2O2/c1-3-10(15)13(4-2)8-11(16)14-6-5-9(12)7-14/h4,9H,2-3,5-8H2,1H3. The number of rotatable bonds is 4. The summed E-state index contributed by atoms with van der Waals surface area (Å²) >= 11 is 0. The number of amides is 2. The molecule has 0 radical (unpaired) electrons. The normalized spacial score (nSPS) is 19.6. The Balaban J connectivity index is 2.49. The van der Waals surface area contributed by atoms with Crippen LogP contribution in [0.3, 0.4) is 0 Å². The molecule has 1 fully saturated rings. The summed E-state index contributed by atoms with van der Waals surface area (Å²) in [6.45, 7) is 5.74. The number of halogens is 1. The van der Waals surface area contributed by atoms with E-state index in [0.29, 0.717) is 19.4 Å². The minimum atomic E-state index is -0.928. The molecule has 1 heterocycles. The maximum atomic E-state index is 12.9. The van der Waals surface area contributed by atoms with Gasteiger partial charge in [0, 0.05) is 19.2 Å². The number of carbonyl (C=O) groups is 2. The van der Waals surface area contributed by atoms with E-state index in [2.05, 4.69) is 6.58 Å². The third-order valence-electron chi connectivity index (χ3n) is 2.63. The Kier molecular flexibility index (Phi) is 4.46. The Bertz CT molecular complexity index is 294. The number of nitrogens with zero attached hydrogens (tertiary/aromatic N) is 2. The molecule has 0 saturated carbocycles. The fourth-order valence-corrected chi connectivity index (χ4v) is 1.65. The van der Waals surface area contributed by atoms with E-state index in [9.17, 15) is 14.0 Å². The van der Waals surface area contributed by atoms with Crippen molar-refractivity contribution in [1.29, 1.82) is 0 Å². The van der Waals surface area contributed by atoms with Crippen LogP contribution in [0, 0.1) is 0 Å². The van der Waals surface area contributed by atoms with Crippen LogP contribution in [-0.2, 0) is 9.59 Å². The first-order chi connectivity index (χ1) is 7.58. The molecule has 5 heteroatoms. The van der Waals surface area contributed by atoms with Gasteiger partial charge in [-0.05, 0) is 6.42 Å². The van der Waals surface area contributed by atoms with E-state index < -0.39 is 6.17 Å². The van der Waals surface area contributed by atoms with Gasteiger partial charge in [0.05, 0.1) is 6.54 Å². The summed E-state index contributed by atoms with van der Waals surface area (Å²) in [5.41, 5.74) is 0. The van der Waals surface area contributed by atoms with Crippen molar-refractivity contribution in [3.8, 4) is 0 Å². The van der Waals surface area contributed by atoms with Crippen molar-refractivity contribution in [1.82, 2.24) is 9.80 Å². The summed E-state index contributed by atoms with van der Waals surface area (Å²) in [6.07, 6.45) is 1.13. The lowest BCUT2D eigenvalue weighted by molar-refractivity contribution is -0.137. The molecule has 1 aliphatic rings. The molecule has 90 valence electrons. The van der Waals surface area contributed by atoms with Gasteiger partial charge in [0.25, 0.3) is 0 Å². The Labute approximate surface area is 94.7 Å². The average Bonchev–Trinajstić information content (AvgIpc) is 2.71. The van der Waals surface area contributed by atoms with Crippen molar-refractivity contribution in [3.63, 3.8) is 0 Å². The van der Waals surface area contributed by atoms with Gasteiger partial charge < -0.3 is 9.80 Å². The first kappa shape index (κ1) is 12.7. The molecule has 0 aromatic heterocycles. The summed E-state index contributed by atoms with van der Waals surface area (Å²) in [6, 6.07) is 0. The lowest BCUT2D eigenvalue weighted by Crippen LogP contribution is -2.39. The molecule has 1 rings (SSSR count). The third kappa shape index (κ3) is 3.05. The summed E-state index contributed by atoms with van der Waals surface area (Å²) < 4.78 is 12.9. The van der Waals surface area contributed by atoms with Crippen LogP contribution in [0.5, 0.6) is 0 Å². The van der Waals surface area contributed by atoms with Crippen molar-refractivity contribution in [2.45, 2.75) is 25.9 Å². The average molecular weight is 228 g/mol. The number of hydrogen-bond acceptors (Lipinski definition) is 2. The number of alkyl halides is 1. The van der Waals surface area contributed by atoms with Crippen molar-refractivity contribution in [2.75, 3.05) is 19.6 Å². The monoisotopic (exact) mass is 228 g/mol. The third-order valence-corrected chi connectivity index (χ3v) is 2.63. The molecule has 0 aromatic rings. The van der Waals surface area contributed by atoms with Crippen LogP contribution >= 0.6 is 0 Å². The number of hydrogen-bond donors (Lipinski definition) is 0. The smallest absolute Gasteiger partial charge is 0.242 e. The van der Waals surface area contributed by atoms with Gasteiger partial charge in [0.2, 0.25) is 11.8 Å². The topological polar surface area (TPSA) is 40.6 Å². The Hall–Kier alpha value is -1.39. The summed E-state index contributed by atoms with van der Waals surface area (Å²) in [7, 11) is 0. The molecule has 0 bridgehead atoms. The van der Waals surface area contributed by atoms with E-state index in [1.165, 1.54) is 16.0 Å². The van der Waals surface area contributed by atoms with Crippen LogP contribution in [0.4, 0.5) is 4.39 Å². The second-order valence-corrected chi connectivity index (χ2v) is 3.78. The molecule has 1 aliphatic heterocycles. The summed E-state index contributed by atoms with van der Waals surface area (Å²) in [5.74, 6) is -0.374. The Morgan fingerprint density at radius 2 is 2.31 bits per heavy atom. The quantitative estimate of drug-likeness (QED) is 0.718. The van der Waals surface area contributed by atoms with E-state index in [-0.39, 0.29) is 24.9 Å². The van der Waals surface area contributed by atoms with E-state index in [4.69, 9.17) is 0 Å². The molecule has 1 unspecified atom stereocenters. The van der Waals surface area contributed by atoms with Crippen molar-refractivity contribution in [2.24, 2.45) is 0 Å². The minimum absolute atomic E-state index is 0.0388. The molecule has 0 aliphatic carbocycles. The van der Waals surface area contributed by atoms with Gasteiger partial charge in [0.1, 0.15) is 12.7 Å². The highest BCUT2D eigenvalue weighted by molar-refractivity contribution is 5.85. The minimum Gasteiger partial charge on any atom is -0.338 e. The van der Waals surface area contributed by atoms with Crippen LogP contribution < -0.4 is 0 Å². The molecular weight excluding hydrogens is 211 g/mol. The zero-order valence-corrected chi connectivity index (χ0v) is 9.49. The van der Waals surface area contributed by atoms with Gasteiger partial charge in [-0.1, -0.05) is 13.5 Å². The molecule has 0 aromatic carbocycles. The van der Waals surface area contributed by atoms with E-state index in [0.717, 1.165) is 0 Å². The van der Waals surface area contributed by atoms with E-state index in [1.807, 2.05) is 0 Å². The SMILES string of the molecule is C=CN(CC(=O)N1CCC(F)C1)C(=O)CC. The van der Waals surface area contributed by atoms with Crippen LogP contribution in [-0.4, -0.2) is 47.4 Å². The van der Waals surface area contributed by atoms with Gasteiger partial charge in [-0.2, -0.15) is 0 Å². The number of carbonyl (C=O) groups excluding carboxylic acids is 2. The van der Waals surface area contributed by atoms with Gasteiger partial charge >= 0.3 is 0 Å². The van der Waals surface area contributed by atoms with Gasteiger partial charge in [-0.15, -0.1) is 0 Å².